The Morgan fingerprint density at radius 3 is 2.62 bits per heavy atom. The number of pyridine rings is 1. The first kappa shape index (κ1) is 15.1. The number of hydrogen-bond donors (Lipinski definition) is 2. The molecule has 0 saturated heterocycles. The fraction of sp³-hybridized carbons (Fsp3) is 0.133. The molecule has 0 radical (unpaired) electrons. The minimum absolute atomic E-state index is 0.183. The highest BCUT2D eigenvalue weighted by Crippen LogP contribution is 2.18. The van der Waals surface area contributed by atoms with Crippen LogP contribution in [0.3, 0.4) is 0 Å². The molecule has 0 saturated carbocycles. The monoisotopic (exact) mass is 302 g/mol. The van der Waals surface area contributed by atoms with E-state index in [-0.39, 0.29) is 17.2 Å². The van der Waals surface area contributed by atoms with Gasteiger partial charge in [-0.25, -0.2) is 4.79 Å². The van der Waals surface area contributed by atoms with Gasteiger partial charge in [0, 0.05) is 23.0 Å². The second-order valence-corrected chi connectivity index (χ2v) is 5.40. The summed E-state index contributed by atoms with van der Waals surface area (Å²) in [5, 5.41) is 11.7. The number of hydrogen-bond acceptors (Lipinski definition) is 4. The number of amides is 1. The Morgan fingerprint density at radius 2 is 1.95 bits per heavy atom. The largest absolute Gasteiger partial charge is 0.478 e. The summed E-state index contributed by atoms with van der Waals surface area (Å²) in [7, 11) is 0. The smallest absolute Gasteiger partial charge is 0.336 e. The molecular weight excluding hydrogens is 288 g/mol. The minimum atomic E-state index is -1.00. The van der Waals surface area contributed by atoms with Crippen LogP contribution in [0.5, 0.6) is 0 Å². The number of rotatable bonds is 5. The standard InChI is InChI=1S/C15H14N2O3S/c1-10-2-3-11(8-13(10)15(19)20)17-14(18)9-21-12-4-6-16-7-5-12/h2-8H,9H2,1H3,(H,17,18)(H,19,20). The molecule has 0 spiro atoms. The van der Waals surface area contributed by atoms with Gasteiger partial charge in [-0.05, 0) is 36.8 Å². The van der Waals surface area contributed by atoms with Crippen LogP contribution in [0.2, 0.25) is 0 Å². The number of thioether (sulfide) groups is 1. The van der Waals surface area contributed by atoms with Crippen molar-refractivity contribution in [1.82, 2.24) is 4.98 Å². The van der Waals surface area contributed by atoms with Crippen LogP contribution in [0.4, 0.5) is 5.69 Å². The summed E-state index contributed by atoms with van der Waals surface area (Å²) in [4.78, 5) is 27.8. The molecule has 6 heteroatoms. The van der Waals surface area contributed by atoms with Crippen molar-refractivity contribution in [3.8, 4) is 0 Å². The van der Waals surface area contributed by atoms with Gasteiger partial charge in [-0.1, -0.05) is 6.07 Å². The van der Waals surface area contributed by atoms with Crippen LogP contribution in [0.1, 0.15) is 15.9 Å². The third-order valence-corrected chi connectivity index (χ3v) is 3.78. The van der Waals surface area contributed by atoms with E-state index in [4.69, 9.17) is 5.11 Å². The molecule has 2 aromatic rings. The van der Waals surface area contributed by atoms with Crippen molar-refractivity contribution >= 4 is 29.3 Å². The van der Waals surface area contributed by atoms with Gasteiger partial charge in [0.15, 0.2) is 0 Å². The number of nitrogens with one attached hydrogen (secondary N) is 1. The molecule has 2 rings (SSSR count). The Kier molecular flexibility index (Phi) is 4.94. The van der Waals surface area contributed by atoms with Crippen molar-refractivity contribution in [2.45, 2.75) is 11.8 Å². The third-order valence-electron chi connectivity index (χ3n) is 2.77. The van der Waals surface area contributed by atoms with Crippen LogP contribution in [0, 0.1) is 6.92 Å². The summed E-state index contributed by atoms with van der Waals surface area (Å²) >= 11 is 1.39. The molecule has 21 heavy (non-hydrogen) atoms. The number of aromatic nitrogens is 1. The molecule has 2 N–H and O–H groups in total. The van der Waals surface area contributed by atoms with E-state index in [1.807, 2.05) is 12.1 Å². The van der Waals surface area contributed by atoms with Crippen LogP contribution in [0.25, 0.3) is 0 Å². The van der Waals surface area contributed by atoms with Crippen molar-refractivity contribution in [1.29, 1.82) is 0 Å². The summed E-state index contributed by atoms with van der Waals surface area (Å²) in [5.41, 5.74) is 1.33. The van der Waals surface area contributed by atoms with Crippen molar-refractivity contribution < 1.29 is 14.7 Å². The Hall–Kier alpha value is -2.34. The number of nitrogens with zero attached hydrogens (tertiary/aromatic N) is 1. The fourth-order valence-corrected chi connectivity index (χ4v) is 2.39. The molecule has 1 aromatic carbocycles. The van der Waals surface area contributed by atoms with Gasteiger partial charge >= 0.3 is 5.97 Å². The summed E-state index contributed by atoms with van der Waals surface area (Å²) in [5.74, 6) is -0.938. The highest BCUT2D eigenvalue weighted by atomic mass is 32.2. The molecule has 1 aromatic heterocycles. The Balaban J connectivity index is 1.97. The number of carboxylic acid groups (broad SMARTS) is 1. The van der Waals surface area contributed by atoms with Gasteiger partial charge in [0.2, 0.25) is 5.91 Å². The van der Waals surface area contributed by atoms with Gasteiger partial charge in [0.1, 0.15) is 0 Å². The van der Waals surface area contributed by atoms with Gasteiger partial charge in [-0.2, -0.15) is 0 Å². The lowest BCUT2D eigenvalue weighted by molar-refractivity contribution is -0.113. The molecule has 0 unspecified atom stereocenters. The average Bonchev–Trinajstić information content (AvgIpc) is 2.48. The summed E-state index contributed by atoms with van der Waals surface area (Å²) in [6, 6.07) is 8.48. The highest BCUT2D eigenvalue weighted by Gasteiger charge is 2.09. The zero-order valence-corrected chi connectivity index (χ0v) is 12.2. The van der Waals surface area contributed by atoms with Crippen LogP contribution in [0.15, 0.2) is 47.6 Å². The van der Waals surface area contributed by atoms with Gasteiger partial charge in [-0.3, -0.25) is 9.78 Å². The normalized spacial score (nSPS) is 10.1. The molecule has 0 fully saturated rings. The summed E-state index contributed by atoms with van der Waals surface area (Å²) in [6.45, 7) is 1.72. The zero-order valence-electron chi connectivity index (χ0n) is 11.4. The lowest BCUT2D eigenvalue weighted by Gasteiger charge is -2.07. The number of carboxylic acids is 1. The summed E-state index contributed by atoms with van der Waals surface area (Å²) in [6.07, 6.45) is 3.33. The molecule has 0 aliphatic heterocycles. The molecule has 1 heterocycles. The van der Waals surface area contributed by atoms with Crippen LogP contribution < -0.4 is 5.32 Å². The molecule has 108 valence electrons. The van der Waals surface area contributed by atoms with Gasteiger partial charge in [-0.15, -0.1) is 11.8 Å². The average molecular weight is 302 g/mol. The Bertz CT molecular complexity index is 659. The number of carbonyl (C=O) groups excluding carboxylic acids is 1. The van der Waals surface area contributed by atoms with Gasteiger partial charge in [0.05, 0.1) is 11.3 Å². The number of aryl methyl sites for hydroxylation is 1. The second kappa shape index (κ2) is 6.90. The minimum Gasteiger partial charge on any atom is -0.478 e. The van der Waals surface area contributed by atoms with Crippen LogP contribution >= 0.6 is 11.8 Å². The molecule has 0 aliphatic carbocycles. The van der Waals surface area contributed by atoms with E-state index in [0.29, 0.717) is 11.3 Å². The lowest BCUT2D eigenvalue weighted by Crippen LogP contribution is -2.14. The topological polar surface area (TPSA) is 79.3 Å². The van der Waals surface area contributed by atoms with E-state index in [1.54, 1.807) is 31.5 Å². The predicted molar refractivity (Wildman–Crippen MR) is 81.7 cm³/mol. The van der Waals surface area contributed by atoms with Crippen LogP contribution in [-0.4, -0.2) is 27.7 Å². The van der Waals surface area contributed by atoms with Gasteiger partial charge in [0.25, 0.3) is 0 Å². The van der Waals surface area contributed by atoms with Crippen molar-refractivity contribution in [2.24, 2.45) is 0 Å². The molecule has 0 bridgehead atoms. The van der Waals surface area contributed by atoms with E-state index in [0.717, 1.165) is 4.90 Å². The summed E-state index contributed by atoms with van der Waals surface area (Å²) < 4.78 is 0. The van der Waals surface area contributed by atoms with Crippen molar-refractivity contribution in [2.75, 3.05) is 11.1 Å². The van der Waals surface area contributed by atoms with Gasteiger partial charge < -0.3 is 10.4 Å². The number of benzene rings is 1. The molecule has 1 amide bonds. The molecule has 5 nitrogen and oxygen atoms in total. The lowest BCUT2D eigenvalue weighted by atomic mass is 10.1. The third kappa shape index (κ3) is 4.32. The predicted octanol–water partition coefficient (Wildman–Crippen LogP) is 2.82. The maximum Gasteiger partial charge on any atom is 0.336 e. The van der Waals surface area contributed by atoms with Crippen molar-refractivity contribution in [3.63, 3.8) is 0 Å². The molecule has 0 atom stereocenters. The number of aromatic carboxylic acids is 1. The maximum atomic E-state index is 11.9. The number of carbonyl (C=O) groups is 2. The zero-order chi connectivity index (χ0) is 15.2. The first-order valence-corrected chi connectivity index (χ1v) is 7.21. The maximum absolute atomic E-state index is 11.9. The first-order valence-electron chi connectivity index (χ1n) is 6.23. The van der Waals surface area contributed by atoms with E-state index in [2.05, 4.69) is 10.3 Å². The van der Waals surface area contributed by atoms with Crippen molar-refractivity contribution in [3.05, 3.63) is 53.9 Å². The fourth-order valence-electron chi connectivity index (χ4n) is 1.71. The number of anilines is 1. The second-order valence-electron chi connectivity index (χ2n) is 4.35. The van der Waals surface area contributed by atoms with E-state index < -0.39 is 5.97 Å². The van der Waals surface area contributed by atoms with E-state index in [9.17, 15) is 9.59 Å². The quantitative estimate of drug-likeness (QED) is 0.830. The van der Waals surface area contributed by atoms with E-state index >= 15 is 0 Å². The first-order chi connectivity index (χ1) is 10.1. The SMILES string of the molecule is Cc1ccc(NC(=O)CSc2ccncc2)cc1C(=O)O. The highest BCUT2D eigenvalue weighted by molar-refractivity contribution is 8.00. The molecule has 0 aliphatic rings. The molecular formula is C15H14N2O3S. The van der Waals surface area contributed by atoms with Crippen LogP contribution in [-0.2, 0) is 4.79 Å². The Labute approximate surface area is 126 Å². The van der Waals surface area contributed by atoms with E-state index in [1.165, 1.54) is 17.8 Å². The Morgan fingerprint density at radius 1 is 1.24 bits per heavy atom.